The monoisotopic (exact) mass is 1010 g/mol. The van der Waals surface area contributed by atoms with Crippen LogP contribution in [-0.2, 0) is 19.6 Å². The van der Waals surface area contributed by atoms with Gasteiger partial charge < -0.3 is 13.7 Å². The molecule has 0 aliphatic rings. The van der Waals surface area contributed by atoms with Gasteiger partial charge in [0.15, 0.2) is 0 Å². The molecule has 3 aromatic heterocycles. The molecule has 0 saturated heterocycles. The summed E-state index contributed by atoms with van der Waals surface area (Å²) in [5.41, 5.74) is 10.7. The summed E-state index contributed by atoms with van der Waals surface area (Å²) in [6.45, 7) is 9.82. The summed E-state index contributed by atoms with van der Waals surface area (Å²) in [6.07, 6.45) is 67.0. The zero-order chi connectivity index (χ0) is 52.5. The second-order valence-electron chi connectivity index (χ2n) is 22.9. The molecule has 0 spiro atoms. The molecule has 3 nitrogen and oxygen atoms in total. The van der Waals surface area contributed by atoms with Crippen molar-refractivity contribution in [3.05, 3.63) is 71.3 Å². The van der Waals surface area contributed by atoms with Gasteiger partial charge in [-0.1, -0.05) is 250 Å². The van der Waals surface area contributed by atoms with E-state index in [9.17, 15) is 0 Å². The lowest BCUT2D eigenvalue weighted by molar-refractivity contribution is 0.533. The predicted molar refractivity (Wildman–Crippen MR) is 332 cm³/mol. The number of fused-ring (bicyclic) bond motifs is 12. The van der Waals surface area contributed by atoms with Crippen LogP contribution in [0.15, 0.2) is 54.6 Å². The van der Waals surface area contributed by atoms with Crippen molar-refractivity contribution in [2.45, 2.75) is 272 Å². The van der Waals surface area contributed by atoms with Crippen molar-refractivity contribution in [3.8, 4) is 37.0 Å². The molecule has 7 aromatic rings. The Morgan fingerprint density at radius 2 is 0.480 bits per heavy atom. The van der Waals surface area contributed by atoms with Gasteiger partial charge in [-0.3, -0.25) is 0 Å². The van der Waals surface area contributed by atoms with E-state index in [-0.39, 0.29) is 0 Å². The summed E-state index contributed by atoms with van der Waals surface area (Å²) in [7, 11) is 0. The van der Waals surface area contributed by atoms with Gasteiger partial charge in [0.05, 0.1) is 16.6 Å². The molecule has 402 valence electrons. The number of nitrogens with zero attached hydrogens (tertiary/aromatic N) is 3. The lowest BCUT2D eigenvalue weighted by Gasteiger charge is -2.13. The number of aromatic nitrogens is 3. The maximum absolute atomic E-state index is 6.28. The SMILES string of the molecule is C#Cc1ccc2c(c1)c1c(c3c4cc(C#C)ccc4n(CCCCCCCCCCCCCC)c3c3c4cc(C#C)ccc4n(CCCCCCCCCCCCCC)c13)n2CCCCCCCCCCCCCC. The summed E-state index contributed by atoms with van der Waals surface area (Å²) in [5.74, 6) is 9.14. The number of aryl methyl sites for hydroxylation is 3. The highest BCUT2D eigenvalue weighted by atomic mass is 15.0. The first-order valence-electron chi connectivity index (χ1n) is 31.5. The molecule has 3 heteroatoms. The molecule has 0 N–H and O–H groups in total. The molecule has 0 atom stereocenters. The predicted octanol–water partition coefficient (Wildman–Crippen LogP) is 22.1. The molecular formula is C72H99N3. The molecule has 0 unspecified atom stereocenters. The zero-order valence-corrected chi connectivity index (χ0v) is 47.8. The van der Waals surface area contributed by atoms with Gasteiger partial charge in [0, 0.05) is 85.2 Å². The third kappa shape index (κ3) is 15.3. The number of terminal acetylenes is 3. The molecule has 0 aliphatic carbocycles. The topological polar surface area (TPSA) is 14.8 Å². The maximum Gasteiger partial charge on any atom is 0.0614 e. The molecule has 4 aromatic carbocycles. The van der Waals surface area contributed by atoms with Crippen LogP contribution in [0.3, 0.4) is 0 Å². The third-order valence-corrected chi connectivity index (χ3v) is 17.1. The minimum absolute atomic E-state index is 0.933. The van der Waals surface area contributed by atoms with Crippen molar-refractivity contribution in [2.24, 2.45) is 0 Å². The Morgan fingerprint density at radius 3 is 0.680 bits per heavy atom. The smallest absolute Gasteiger partial charge is 0.0614 e. The largest absolute Gasteiger partial charge is 0.340 e. The molecule has 7 rings (SSSR count). The standard InChI is InChI=1S/C72H99N3/c1-7-13-16-19-22-25-28-31-34-37-40-43-52-73-64-49-46-58(10-4)55-61(64)67-70(73)68-62-56-59(11-5)47-50-65(62)74(53-44-41-38-35-32-29-26-23-20-17-14-8-2)72(68)69-63-57-60(12-6)48-51-66(63)75(71(67)69)54-45-42-39-36-33-30-27-24-21-18-15-9-3/h4-6,46-51,55-57H,7-9,13-45,52-54H2,1-3H3. The van der Waals surface area contributed by atoms with E-state index in [0.29, 0.717) is 0 Å². The fourth-order valence-corrected chi connectivity index (χ4v) is 12.9. The van der Waals surface area contributed by atoms with E-state index in [1.165, 1.54) is 277 Å². The lowest BCUT2D eigenvalue weighted by atomic mass is 10.0. The summed E-state index contributed by atoms with van der Waals surface area (Å²) in [4.78, 5) is 0. The quantitative estimate of drug-likeness (QED) is 0.0270. The number of hydrogen-bond acceptors (Lipinski definition) is 0. The molecule has 0 bridgehead atoms. The van der Waals surface area contributed by atoms with E-state index in [4.69, 9.17) is 19.3 Å². The normalized spacial score (nSPS) is 11.8. The Bertz CT molecular complexity index is 2610. The molecule has 0 amide bonds. The second-order valence-corrected chi connectivity index (χ2v) is 22.9. The first-order valence-corrected chi connectivity index (χ1v) is 31.5. The van der Waals surface area contributed by atoms with E-state index in [0.717, 1.165) is 55.6 Å². The number of rotatable bonds is 39. The molecule has 0 fully saturated rings. The van der Waals surface area contributed by atoms with Crippen LogP contribution in [0.25, 0.3) is 65.4 Å². The highest BCUT2D eigenvalue weighted by Crippen LogP contribution is 2.49. The summed E-state index contributed by atoms with van der Waals surface area (Å²) in [6, 6.07) is 20.5. The van der Waals surface area contributed by atoms with Crippen LogP contribution in [-0.4, -0.2) is 13.7 Å². The van der Waals surface area contributed by atoms with Gasteiger partial charge in [-0.15, -0.1) is 19.3 Å². The van der Waals surface area contributed by atoms with Crippen molar-refractivity contribution < 1.29 is 0 Å². The fourth-order valence-electron chi connectivity index (χ4n) is 12.9. The maximum atomic E-state index is 6.28. The Labute approximate surface area is 456 Å². The van der Waals surface area contributed by atoms with Crippen molar-refractivity contribution >= 4 is 65.4 Å². The van der Waals surface area contributed by atoms with Crippen molar-refractivity contribution in [3.63, 3.8) is 0 Å². The Kier molecular flexibility index (Phi) is 24.5. The average Bonchev–Trinajstić information content (AvgIpc) is 4.15. The first kappa shape index (κ1) is 57.7. The Balaban J connectivity index is 1.28. The van der Waals surface area contributed by atoms with Crippen LogP contribution < -0.4 is 0 Å². The molecule has 0 saturated carbocycles. The highest BCUT2D eigenvalue weighted by Gasteiger charge is 2.28. The molecule has 75 heavy (non-hydrogen) atoms. The molecule has 0 aliphatic heterocycles. The lowest BCUT2D eigenvalue weighted by Crippen LogP contribution is -2.02. The van der Waals surface area contributed by atoms with Gasteiger partial charge in [0.1, 0.15) is 0 Å². The minimum atomic E-state index is 0.933. The zero-order valence-electron chi connectivity index (χ0n) is 47.8. The fraction of sp³-hybridized carbons (Fsp3) is 0.583. The van der Waals surface area contributed by atoms with Crippen LogP contribution in [0.2, 0.25) is 0 Å². The van der Waals surface area contributed by atoms with Crippen LogP contribution in [0.1, 0.15) is 269 Å². The van der Waals surface area contributed by atoms with Gasteiger partial charge in [0.25, 0.3) is 0 Å². The Hall–Kier alpha value is -5.04. The van der Waals surface area contributed by atoms with Gasteiger partial charge in [-0.05, 0) is 73.9 Å². The van der Waals surface area contributed by atoms with Crippen LogP contribution in [0.4, 0.5) is 0 Å². The second kappa shape index (κ2) is 31.9. The number of benzene rings is 4. The van der Waals surface area contributed by atoms with E-state index < -0.39 is 0 Å². The summed E-state index contributed by atoms with van der Waals surface area (Å²) >= 11 is 0. The number of unbranched alkanes of at least 4 members (excludes halogenated alkanes) is 33. The van der Waals surface area contributed by atoms with E-state index in [1.54, 1.807) is 0 Å². The number of hydrogen-bond donors (Lipinski definition) is 0. The molecular weight excluding hydrogens is 907 g/mol. The Morgan fingerprint density at radius 1 is 0.280 bits per heavy atom. The van der Waals surface area contributed by atoms with Gasteiger partial charge >= 0.3 is 0 Å². The molecule has 3 heterocycles. The van der Waals surface area contributed by atoms with Crippen LogP contribution >= 0.6 is 0 Å². The summed E-state index contributed by atoms with van der Waals surface area (Å²) < 4.78 is 8.12. The first-order chi connectivity index (χ1) is 37.1. The van der Waals surface area contributed by atoms with Gasteiger partial charge in [0.2, 0.25) is 0 Å². The van der Waals surface area contributed by atoms with Crippen molar-refractivity contribution in [2.75, 3.05) is 0 Å². The van der Waals surface area contributed by atoms with Crippen molar-refractivity contribution in [1.82, 2.24) is 13.7 Å². The third-order valence-electron chi connectivity index (χ3n) is 17.1. The van der Waals surface area contributed by atoms with E-state index in [1.807, 2.05) is 0 Å². The van der Waals surface area contributed by atoms with Gasteiger partial charge in [-0.25, -0.2) is 0 Å². The van der Waals surface area contributed by atoms with Crippen LogP contribution in [0.5, 0.6) is 0 Å². The van der Waals surface area contributed by atoms with Crippen LogP contribution in [0, 0.1) is 37.0 Å². The van der Waals surface area contributed by atoms with E-state index >= 15 is 0 Å². The molecule has 0 radical (unpaired) electrons. The van der Waals surface area contributed by atoms with E-state index in [2.05, 4.69) is 107 Å². The highest BCUT2D eigenvalue weighted by molar-refractivity contribution is 6.39. The average molecular weight is 1010 g/mol. The minimum Gasteiger partial charge on any atom is -0.340 e. The van der Waals surface area contributed by atoms with Crippen molar-refractivity contribution in [1.29, 1.82) is 0 Å². The van der Waals surface area contributed by atoms with Gasteiger partial charge in [-0.2, -0.15) is 0 Å². The summed E-state index contributed by atoms with van der Waals surface area (Å²) in [5, 5.41) is 7.77.